The molecule has 0 spiro atoms. The minimum absolute atomic E-state index is 0.304. The third kappa shape index (κ3) is 3.84. The van der Waals surface area contributed by atoms with Crippen LogP contribution in [0.4, 0.5) is 0 Å². The Hall–Kier alpha value is 0.624. The molecule has 0 aliphatic heterocycles. The first-order chi connectivity index (χ1) is 7.12. The van der Waals surface area contributed by atoms with Gasteiger partial charge in [0.25, 0.3) is 0 Å². The quantitative estimate of drug-likeness (QED) is 0.366. The van der Waals surface area contributed by atoms with Gasteiger partial charge in [0, 0.05) is 0 Å². The van der Waals surface area contributed by atoms with Gasteiger partial charge in [-0.25, -0.2) is 0 Å². The zero-order valence-electron chi connectivity index (χ0n) is 9.92. The van der Waals surface area contributed by atoms with Crippen molar-refractivity contribution in [1.29, 1.82) is 0 Å². The molecule has 0 fully saturated rings. The van der Waals surface area contributed by atoms with E-state index >= 15 is 0 Å². The second kappa shape index (κ2) is 7.05. The van der Waals surface area contributed by atoms with Crippen molar-refractivity contribution >= 4 is 11.6 Å². The monoisotopic (exact) mass is 273 g/mol. The first kappa shape index (κ1) is 15.6. The normalized spacial score (nSPS) is 14.5. The van der Waals surface area contributed by atoms with Gasteiger partial charge >= 0.3 is 100 Å². The van der Waals surface area contributed by atoms with Crippen molar-refractivity contribution in [2.45, 2.75) is 25.5 Å². The molecule has 91 valence electrons. The first-order valence-electron chi connectivity index (χ1n) is 5.39. The summed E-state index contributed by atoms with van der Waals surface area (Å²) in [4.78, 5) is 0. The van der Waals surface area contributed by atoms with Crippen molar-refractivity contribution in [2.24, 2.45) is 0 Å². The predicted molar refractivity (Wildman–Crippen MR) is 60.6 cm³/mol. The molecule has 0 aliphatic rings. The number of rotatable bonds is 9. The SMILES string of the molecule is C=C[CH2][Ti]([CH2]Cl)([O]CC)([O]CC)[O]CC. The molecule has 5 heteroatoms. The second-order valence-corrected chi connectivity index (χ2v) is 11.1. The Labute approximate surface area is 100 Å². The molecular formula is C10H22ClO3Ti. The summed E-state index contributed by atoms with van der Waals surface area (Å²) in [5.74, 6) is 0. The zero-order valence-corrected chi connectivity index (χ0v) is 12.2. The molecule has 15 heavy (non-hydrogen) atoms. The van der Waals surface area contributed by atoms with Crippen LogP contribution in [0.2, 0.25) is 4.73 Å². The van der Waals surface area contributed by atoms with Gasteiger partial charge in [-0.15, -0.1) is 0 Å². The van der Waals surface area contributed by atoms with E-state index < -0.39 is 16.5 Å². The van der Waals surface area contributed by atoms with Crippen molar-refractivity contribution in [1.82, 2.24) is 0 Å². The Bertz CT molecular complexity index is 179. The number of alkyl halides is 1. The fourth-order valence-electron chi connectivity index (χ4n) is 1.72. The summed E-state index contributed by atoms with van der Waals surface area (Å²) in [5.41, 5.74) is 0. The summed E-state index contributed by atoms with van der Waals surface area (Å²) in [6.07, 6.45) is 1.78. The summed E-state index contributed by atoms with van der Waals surface area (Å²) >= 11 is 2.16. The van der Waals surface area contributed by atoms with Gasteiger partial charge in [0.1, 0.15) is 0 Å². The Morgan fingerprint density at radius 1 is 1.07 bits per heavy atom. The second-order valence-electron chi connectivity index (χ2n) is 3.29. The van der Waals surface area contributed by atoms with Crippen LogP contribution in [0, 0.1) is 0 Å². The minimum atomic E-state index is -3.89. The van der Waals surface area contributed by atoms with Crippen LogP contribution in [0.5, 0.6) is 0 Å². The van der Waals surface area contributed by atoms with Crippen molar-refractivity contribution in [2.75, 3.05) is 24.0 Å². The summed E-state index contributed by atoms with van der Waals surface area (Å²) in [5, 5.41) is 0. The maximum absolute atomic E-state index is 6.06. The Balaban J connectivity index is 5.05. The molecule has 0 amide bonds. The van der Waals surface area contributed by atoms with Crippen LogP contribution < -0.4 is 0 Å². The molecule has 0 aromatic heterocycles. The number of hydrogen-bond acceptors (Lipinski definition) is 3. The van der Waals surface area contributed by atoms with Crippen LogP contribution in [-0.2, 0) is 26.4 Å². The molecule has 3 nitrogen and oxygen atoms in total. The van der Waals surface area contributed by atoms with E-state index in [1.807, 2.05) is 20.8 Å². The average molecular weight is 274 g/mol. The summed E-state index contributed by atoms with van der Waals surface area (Å²) < 4.78 is 18.4. The summed E-state index contributed by atoms with van der Waals surface area (Å²) in [6.45, 7) is 11.2. The van der Waals surface area contributed by atoms with E-state index in [2.05, 4.69) is 6.58 Å². The molecule has 0 rings (SSSR count). The van der Waals surface area contributed by atoms with Crippen LogP contribution in [0.15, 0.2) is 12.7 Å². The Morgan fingerprint density at radius 3 is 1.67 bits per heavy atom. The van der Waals surface area contributed by atoms with Gasteiger partial charge in [-0.2, -0.15) is 0 Å². The van der Waals surface area contributed by atoms with Crippen LogP contribution in [0.25, 0.3) is 0 Å². The van der Waals surface area contributed by atoms with Crippen LogP contribution in [0.3, 0.4) is 0 Å². The zero-order chi connectivity index (χ0) is 11.8. The molecular weight excluding hydrogens is 251 g/mol. The predicted octanol–water partition coefficient (Wildman–Crippen LogP) is 3.33. The van der Waals surface area contributed by atoms with Crippen LogP contribution >= 0.6 is 11.6 Å². The molecule has 0 saturated heterocycles. The molecule has 0 heterocycles. The van der Waals surface area contributed by atoms with Gasteiger partial charge in [-0.3, -0.25) is 0 Å². The molecule has 0 radical (unpaired) electrons. The van der Waals surface area contributed by atoms with Gasteiger partial charge < -0.3 is 0 Å². The summed E-state index contributed by atoms with van der Waals surface area (Å²) in [7, 11) is 0. The molecule has 0 bridgehead atoms. The van der Waals surface area contributed by atoms with Crippen molar-refractivity contribution in [3.05, 3.63) is 12.7 Å². The van der Waals surface area contributed by atoms with Crippen molar-refractivity contribution in [3.63, 3.8) is 0 Å². The van der Waals surface area contributed by atoms with Crippen LogP contribution in [-0.4, -0.2) is 24.0 Å². The number of allylic oxidation sites excluding steroid dienone is 1. The fraction of sp³-hybridized carbons (Fsp3) is 0.800. The first-order valence-corrected chi connectivity index (χ1v) is 10.0. The molecule has 0 unspecified atom stereocenters. The maximum atomic E-state index is 6.06. The molecule has 0 aromatic rings. The third-order valence-electron chi connectivity index (χ3n) is 2.20. The van der Waals surface area contributed by atoms with Crippen LogP contribution in [0.1, 0.15) is 20.8 Å². The average Bonchev–Trinajstić information content (AvgIpc) is 2.20. The van der Waals surface area contributed by atoms with Gasteiger partial charge in [-0.1, -0.05) is 0 Å². The topological polar surface area (TPSA) is 27.7 Å². The van der Waals surface area contributed by atoms with E-state index in [9.17, 15) is 0 Å². The van der Waals surface area contributed by atoms with Crippen molar-refractivity contribution < 1.29 is 26.4 Å². The van der Waals surface area contributed by atoms with E-state index in [1.54, 1.807) is 6.08 Å². The molecule has 0 saturated carbocycles. The fourth-order valence-corrected chi connectivity index (χ4v) is 8.48. The van der Waals surface area contributed by atoms with Gasteiger partial charge in [0.05, 0.1) is 0 Å². The van der Waals surface area contributed by atoms with Crippen molar-refractivity contribution in [3.8, 4) is 0 Å². The van der Waals surface area contributed by atoms with E-state index in [0.29, 0.717) is 28.7 Å². The third-order valence-corrected chi connectivity index (χ3v) is 11.2. The number of halogens is 1. The Kier molecular flexibility index (Phi) is 7.34. The van der Waals surface area contributed by atoms with E-state index in [0.717, 1.165) is 0 Å². The molecule has 0 N–H and O–H groups in total. The van der Waals surface area contributed by atoms with E-state index in [4.69, 9.17) is 21.6 Å². The Morgan fingerprint density at radius 2 is 1.47 bits per heavy atom. The molecule has 0 aromatic carbocycles. The number of hydrogen-bond donors (Lipinski definition) is 0. The summed E-state index contributed by atoms with van der Waals surface area (Å²) in [6, 6.07) is 0. The van der Waals surface area contributed by atoms with Gasteiger partial charge in [-0.05, 0) is 0 Å². The van der Waals surface area contributed by atoms with Gasteiger partial charge in [0.15, 0.2) is 0 Å². The van der Waals surface area contributed by atoms with E-state index in [1.165, 1.54) is 0 Å². The van der Waals surface area contributed by atoms with E-state index in [-0.39, 0.29) is 0 Å². The standard InChI is InChI=1S/C3H5.3C2H5O.CH2Cl.Ti/c1-3-2;3*1-2-3;1-2;/h3H,1-2H2;3*2H2,1H3;1H2;/q;3*-1;;+3. The molecule has 0 atom stereocenters. The van der Waals surface area contributed by atoms with Gasteiger partial charge in [0.2, 0.25) is 0 Å². The molecule has 0 aliphatic carbocycles.